The molecule has 0 aliphatic carbocycles. The molecular weight excluding hydrogens is 242 g/mol. The molecule has 1 aromatic carbocycles. The van der Waals surface area contributed by atoms with E-state index in [1.165, 1.54) is 19.2 Å². The summed E-state index contributed by atoms with van der Waals surface area (Å²) in [6, 6.07) is 6.23. The van der Waals surface area contributed by atoms with Gasteiger partial charge in [0, 0.05) is 0 Å². The van der Waals surface area contributed by atoms with Crippen molar-refractivity contribution >= 4 is 29.2 Å². The summed E-state index contributed by atoms with van der Waals surface area (Å²) in [5.41, 5.74) is 10.0. The van der Waals surface area contributed by atoms with Crippen LogP contribution in [-0.4, -0.2) is 24.1 Å². The maximum absolute atomic E-state index is 11.7. The van der Waals surface area contributed by atoms with E-state index in [0.29, 0.717) is 0 Å². The summed E-state index contributed by atoms with van der Waals surface area (Å²) in [4.78, 5) is 23.1. The van der Waals surface area contributed by atoms with Crippen LogP contribution in [0.25, 0.3) is 0 Å². The van der Waals surface area contributed by atoms with Crippen LogP contribution < -0.4 is 16.6 Å². The fourth-order valence-electron chi connectivity index (χ4n) is 1.15. The van der Waals surface area contributed by atoms with Gasteiger partial charge in [-0.2, -0.15) is 0 Å². The summed E-state index contributed by atoms with van der Waals surface area (Å²) in [6.07, 6.45) is 0. The summed E-state index contributed by atoms with van der Waals surface area (Å²) < 4.78 is 4.56. The van der Waals surface area contributed by atoms with Crippen LogP contribution in [0.2, 0.25) is 0 Å². The Bertz CT molecular complexity index is 462. The Morgan fingerprint density at radius 1 is 1.24 bits per heavy atom. The van der Waals surface area contributed by atoms with Gasteiger partial charge in [-0.25, -0.2) is 4.79 Å². The van der Waals surface area contributed by atoms with Crippen molar-refractivity contribution in [1.82, 2.24) is 10.9 Å². The van der Waals surface area contributed by atoms with Gasteiger partial charge < -0.3 is 10.5 Å². The molecule has 7 heteroatoms. The lowest BCUT2D eigenvalue weighted by Gasteiger charge is -2.09. The number of amides is 1. The van der Waals surface area contributed by atoms with Crippen LogP contribution in [-0.2, 0) is 4.74 Å². The van der Waals surface area contributed by atoms with Crippen molar-refractivity contribution in [3.8, 4) is 0 Å². The lowest BCUT2D eigenvalue weighted by molar-refractivity contribution is 0.0596. The molecule has 17 heavy (non-hydrogen) atoms. The van der Waals surface area contributed by atoms with Gasteiger partial charge in [-0.1, -0.05) is 12.1 Å². The van der Waals surface area contributed by atoms with E-state index < -0.39 is 11.9 Å². The Labute approximate surface area is 103 Å². The normalized spacial score (nSPS) is 9.24. The second-order valence-electron chi connectivity index (χ2n) is 2.98. The minimum absolute atomic E-state index is 0.0751. The molecule has 0 heterocycles. The largest absolute Gasteiger partial charge is 0.465 e. The SMILES string of the molecule is COC(=O)c1ccccc1C(=O)NNC(N)=S. The third-order valence-corrected chi connectivity index (χ3v) is 1.98. The molecule has 0 spiro atoms. The van der Waals surface area contributed by atoms with Crippen LogP contribution in [0, 0.1) is 0 Å². The van der Waals surface area contributed by atoms with Crippen molar-refractivity contribution in [2.45, 2.75) is 0 Å². The molecule has 6 nitrogen and oxygen atoms in total. The molecular formula is C10H11N3O3S. The van der Waals surface area contributed by atoms with E-state index >= 15 is 0 Å². The van der Waals surface area contributed by atoms with Gasteiger partial charge in [0.25, 0.3) is 5.91 Å². The third-order valence-electron chi connectivity index (χ3n) is 1.88. The summed E-state index contributed by atoms with van der Waals surface area (Å²) in [5, 5.41) is -0.0751. The van der Waals surface area contributed by atoms with E-state index in [9.17, 15) is 9.59 Å². The topological polar surface area (TPSA) is 93.5 Å². The van der Waals surface area contributed by atoms with E-state index in [0.717, 1.165) is 0 Å². The summed E-state index contributed by atoms with van der Waals surface area (Å²) in [6.45, 7) is 0. The average molecular weight is 253 g/mol. The van der Waals surface area contributed by atoms with Crippen LogP contribution in [0.4, 0.5) is 0 Å². The molecule has 0 aliphatic heterocycles. The minimum atomic E-state index is -0.592. The first-order chi connectivity index (χ1) is 8.06. The van der Waals surface area contributed by atoms with Crippen LogP contribution in [0.3, 0.4) is 0 Å². The maximum atomic E-state index is 11.7. The number of methoxy groups -OCH3 is 1. The zero-order chi connectivity index (χ0) is 12.8. The number of nitrogens with one attached hydrogen (secondary N) is 2. The van der Waals surface area contributed by atoms with Crippen molar-refractivity contribution in [1.29, 1.82) is 0 Å². The number of rotatable bonds is 2. The number of hydrogen-bond acceptors (Lipinski definition) is 4. The molecule has 90 valence electrons. The maximum Gasteiger partial charge on any atom is 0.338 e. The van der Waals surface area contributed by atoms with Gasteiger partial charge in [0.1, 0.15) is 0 Å². The van der Waals surface area contributed by atoms with Crippen LogP contribution in [0.1, 0.15) is 20.7 Å². The molecule has 1 amide bonds. The molecule has 0 atom stereocenters. The van der Waals surface area contributed by atoms with Gasteiger partial charge in [0.05, 0.1) is 18.2 Å². The predicted molar refractivity (Wildman–Crippen MR) is 65.2 cm³/mol. The highest BCUT2D eigenvalue weighted by atomic mass is 32.1. The monoisotopic (exact) mass is 253 g/mol. The van der Waals surface area contributed by atoms with Crippen molar-refractivity contribution in [2.75, 3.05) is 7.11 Å². The second kappa shape index (κ2) is 5.80. The smallest absolute Gasteiger partial charge is 0.338 e. The number of thiocarbonyl (C=S) groups is 1. The number of esters is 1. The van der Waals surface area contributed by atoms with Gasteiger partial charge in [-0.15, -0.1) is 0 Å². The van der Waals surface area contributed by atoms with Crippen LogP contribution >= 0.6 is 12.2 Å². The first-order valence-corrected chi connectivity index (χ1v) is 5.00. The zero-order valence-corrected chi connectivity index (χ0v) is 9.84. The van der Waals surface area contributed by atoms with E-state index in [1.54, 1.807) is 12.1 Å². The highest BCUT2D eigenvalue weighted by Crippen LogP contribution is 2.09. The Morgan fingerprint density at radius 2 is 1.82 bits per heavy atom. The van der Waals surface area contributed by atoms with Crippen molar-refractivity contribution in [3.05, 3.63) is 35.4 Å². The number of benzene rings is 1. The molecule has 0 fully saturated rings. The molecule has 1 aromatic rings. The average Bonchev–Trinajstić information content (AvgIpc) is 2.34. The Morgan fingerprint density at radius 3 is 2.35 bits per heavy atom. The Hall–Kier alpha value is -2.15. The standard InChI is InChI=1S/C10H11N3O3S/c1-16-9(15)7-5-3-2-4-6(7)8(14)12-13-10(11)17/h2-5H,1H3,(H,12,14)(H3,11,13,17). The van der Waals surface area contributed by atoms with Crippen molar-refractivity contribution in [3.63, 3.8) is 0 Å². The second-order valence-corrected chi connectivity index (χ2v) is 3.42. The number of nitrogens with two attached hydrogens (primary N) is 1. The summed E-state index contributed by atoms with van der Waals surface area (Å²) in [5.74, 6) is -1.12. The number of carbonyl (C=O) groups excluding carboxylic acids is 2. The van der Waals surface area contributed by atoms with E-state index in [4.69, 9.17) is 5.73 Å². The lowest BCUT2D eigenvalue weighted by Crippen LogP contribution is -2.44. The van der Waals surface area contributed by atoms with Gasteiger partial charge in [-0.3, -0.25) is 15.6 Å². The van der Waals surface area contributed by atoms with E-state index in [2.05, 4.69) is 27.8 Å². The molecule has 4 N–H and O–H groups in total. The predicted octanol–water partition coefficient (Wildman–Crippen LogP) is -0.0488. The molecule has 0 bridgehead atoms. The molecule has 0 saturated carbocycles. The minimum Gasteiger partial charge on any atom is -0.465 e. The molecule has 0 aromatic heterocycles. The fourth-order valence-corrected chi connectivity index (χ4v) is 1.21. The molecule has 0 unspecified atom stereocenters. The van der Waals surface area contributed by atoms with Gasteiger partial charge in [-0.05, 0) is 24.4 Å². The van der Waals surface area contributed by atoms with Gasteiger partial charge >= 0.3 is 5.97 Å². The first kappa shape index (κ1) is 12.9. The first-order valence-electron chi connectivity index (χ1n) is 4.59. The summed E-state index contributed by atoms with van der Waals surface area (Å²) >= 11 is 4.53. The number of ether oxygens (including phenoxy) is 1. The van der Waals surface area contributed by atoms with Crippen molar-refractivity contribution in [2.24, 2.45) is 5.73 Å². The Balaban J connectivity index is 2.93. The summed E-state index contributed by atoms with van der Waals surface area (Å²) in [7, 11) is 1.24. The molecule has 1 rings (SSSR count). The van der Waals surface area contributed by atoms with Crippen LogP contribution in [0.5, 0.6) is 0 Å². The quantitative estimate of drug-likeness (QED) is 0.389. The molecule has 0 aliphatic rings. The molecule has 0 radical (unpaired) electrons. The highest BCUT2D eigenvalue weighted by molar-refractivity contribution is 7.80. The molecule has 0 saturated heterocycles. The Kier molecular flexibility index (Phi) is 4.41. The zero-order valence-electron chi connectivity index (χ0n) is 9.02. The van der Waals surface area contributed by atoms with Gasteiger partial charge in [0.15, 0.2) is 5.11 Å². The fraction of sp³-hybridized carbons (Fsp3) is 0.100. The van der Waals surface area contributed by atoms with Crippen molar-refractivity contribution < 1.29 is 14.3 Å². The van der Waals surface area contributed by atoms with E-state index in [-0.39, 0.29) is 16.2 Å². The lowest BCUT2D eigenvalue weighted by atomic mass is 10.1. The number of hydrogen-bond donors (Lipinski definition) is 3. The van der Waals surface area contributed by atoms with Gasteiger partial charge in [0.2, 0.25) is 0 Å². The number of carbonyl (C=O) groups is 2. The highest BCUT2D eigenvalue weighted by Gasteiger charge is 2.16. The van der Waals surface area contributed by atoms with E-state index in [1.807, 2.05) is 0 Å². The number of hydrazine groups is 1. The third kappa shape index (κ3) is 3.42. The van der Waals surface area contributed by atoms with Crippen LogP contribution in [0.15, 0.2) is 24.3 Å².